The third-order valence-electron chi connectivity index (χ3n) is 6.82. The minimum Gasteiger partial charge on any atom is -0.378 e. The van der Waals surface area contributed by atoms with Crippen LogP contribution in [0.3, 0.4) is 0 Å². The highest BCUT2D eigenvalue weighted by Gasteiger charge is 2.30. The predicted octanol–water partition coefficient (Wildman–Crippen LogP) is 7.73. The second-order valence-electron chi connectivity index (χ2n) is 9.91. The highest BCUT2D eigenvalue weighted by Crippen LogP contribution is 2.31. The van der Waals surface area contributed by atoms with Gasteiger partial charge in [-0.05, 0) is 67.2 Å². The van der Waals surface area contributed by atoms with Crippen molar-refractivity contribution in [2.24, 2.45) is 0 Å². The van der Waals surface area contributed by atoms with Crippen molar-refractivity contribution in [1.82, 2.24) is 9.80 Å². The fraction of sp³-hybridized carbons (Fsp3) is 0.355. The SMILES string of the molecule is C=C(C(C)c1ccc(CN(C)C)cc1)N(C)CC[C@H](Cc1ccc(C(F)(F)F)cc1)c1ccccc1. The van der Waals surface area contributed by atoms with Gasteiger partial charge in [-0.2, -0.15) is 13.2 Å². The number of likely N-dealkylation sites (N-methyl/N-ethyl adjacent to an activating group) is 1. The first kappa shape index (κ1) is 27.5. The Morgan fingerprint density at radius 1 is 0.806 bits per heavy atom. The minimum absolute atomic E-state index is 0.188. The number of nitrogens with zero attached hydrogens (tertiary/aromatic N) is 2. The summed E-state index contributed by atoms with van der Waals surface area (Å²) >= 11 is 0. The molecule has 0 bridgehead atoms. The lowest BCUT2D eigenvalue weighted by Crippen LogP contribution is -2.24. The van der Waals surface area contributed by atoms with E-state index in [1.165, 1.54) is 28.8 Å². The molecule has 0 heterocycles. The van der Waals surface area contributed by atoms with Crippen molar-refractivity contribution in [3.8, 4) is 0 Å². The molecule has 0 fully saturated rings. The monoisotopic (exact) mass is 494 g/mol. The van der Waals surface area contributed by atoms with Gasteiger partial charge in [-0.25, -0.2) is 0 Å². The number of allylic oxidation sites excluding steroid dienone is 1. The molecular formula is C31H37F3N2. The van der Waals surface area contributed by atoms with Crippen LogP contribution >= 0.6 is 0 Å². The van der Waals surface area contributed by atoms with Gasteiger partial charge in [0.15, 0.2) is 0 Å². The second kappa shape index (κ2) is 12.3. The van der Waals surface area contributed by atoms with Crippen molar-refractivity contribution in [1.29, 1.82) is 0 Å². The number of hydrogen-bond donors (Lipinski definition) is 0. The summed E-state index contributed by atoms with van der Waals surface area (Å²) < 4.78 is 38.9. The minimum atomic E-state index is -4.32. The van der Waals surface area contributed by atoms with Crippen LogP contribution < -0.4 is 0 Å². The van der Waals surface area contributed by atoms with Crippen molar-refractivity contribution >= 4 is 0 Å². The molecule has 0 saturated carbocycles. The van der Waals surface area contributed by atoms with Gasteiger partial charge in [0, 0.05) is 31.8 Å². The molecule has 2 nitrogen and oxygen atoms in total. The molecule has 2 atom stereocenters. The van der Waals surface area contributed by atoms with E-state index in [1.54, 1.807) is 12.1 Å². The van der Waals surface area contributed by atoms with Gasteiger partial charge >= 0.3 is 6.18 Å². The summed E-state index contributed by atoms with van der Waals surface area (Å²) in [7, 11) is 6.20. The van der Waals surface area contributed by atoms with E-state index >= 15 is 0 Å². The number of halogens is 3. The zero-order valence-corrected chi connectivity index (χ0v) is 21.7. The summed E-state index contributed by atoms with van der Waals surface area (Å²) in [5, 5.41) is 0. The molecule has 3 rings (SSSR count). The zero-order valence-electron chi connectivity index (χ0n) is 21.7. The van der Waals surface area contributed by atoms with E-state index in [-0.39, 0.29) is 11.8 Å². The van der Waals surface area contributed by atoms with E-state index < -0.39 is 11.7 Å². The number of alkyl halides is 3. The molecule has 3 aromatic rings. The molecule has 0 spiro atoms. The van der Waals surface area contributed by atoms with Crippen LogP contribution in [0.4, 0.5) is 13.2 Å². The van der Waals surface area contributed by atoms with Crippen LogP contribution in [-0.2, 0) is 19.1 Å². The lowest BCUT2D eigenvalue weighted by atomic mass is 9.88. The average Bonchev–Trinajstić information content (AvgIpc) is 2.86. The first-order valence-corrected chi connectivity index (χ1v) is 12.4. The van der Waals surface area contributed by atoms with Gasteiger partial charge in [0.2, 0.25) is 0 Å². The van der Waals surface area contributed by atoms with E-state index in [0.29, 0.717) is 6.42 Å². The van der Waals surface area contributed by atoms with Crippen LogP contribution in [0.1, 0.15) is 53.0 Å². The summed E-state index contributed by atoms with van der Waals surface area (Å²) in [6.45, 7) is 8.28. The largest absolute Gasteiger partial charge is 0.416 e. The Hall–Kier alpha value is -3.05. The molecule has 0 saturated heterocycles. The number of rotatable bonds is 11. The molecule has 0 aliphatic carbocycles. The lowest BCUT2D eigenvalue weighted by Gasteiger charge is -2.29. The van der Waals surface area contributed by atoms with E-state index in [1.807, 2.05) is 18.2 Å². The summed E-state index contributed by atoms with van der Waals surface area (Å²) in [5.41, 5.74) is 5.06. The van der Waals surface area contributed by atoms with Gasteiger partial charge in [0.05, 0.1) is 5.56 Å². The molecule has 0 radical (unpaired) electrons. The van der Waals surface area contributed by atoms with Crippen LogP contribution in [-0.4, -0.2) is 37.5 Å². The van der Waals surface area contributed by atoms with Crippen LogP contribution in [0.2, 0.25) is 0 Å². The fourth-order valence-electron chi connectivity index (χ4n) is 4.52. The van der Waals surface area contributed by atoms with Gasteiger partial charge in [-0.1, -0.05) is 80.2 Å². The molecule has 0 amide bonds. The third-order valence-corrected chi connectivity index (χ3v) is 6.82. The van der Waals surface area contributed by atoms with Crippen LogP contribution in [0, 0.1) is 0 Å². The quantitative estimate of drug-likeness (QED) is 0.269. The van der Waals surface area contributed by atoms with Crippen molar-refractivity contribution < 1.29 is 13.2 Å². The van der Waals surface area contributed by atoms with Gasteiger partial charge < -0.3 is 9.80 Å². The third kappa shape index (κ3) is 7.72. The van der Waals surface area contributed by atoms with Gasteiger partial charge in [0.1, 0.15) is 0 Å². The van der Waals surface area contributed by atoms with Crippen molar-refractivity contribution in [2.45, 2.75) is 44.3 Å². The Balaban J connectivity index is 1.66. The molecule has 192 valence electrons. The maximum Gasteiger partial charge on any atom is 0.416 e. The van der Waals surface area contributed by atoms with E-state index in [2.05, 4.69) is 80.8 Å². The Morgan fingerprint density at radius 3 is 1.94 bits per heavy atom. The zero-order chi connectivity index (χ0) is 26.3. The van der Waals surface area contributed by atoms with Gasteiger partial charge in [-0.3, -0.25) is 0 Å². The molecule has 5 heteroatoms. The van der Waals surface area contributed by atoms with Crippen LogP contribution in [0.5, 0.6) is 0 Å². The molecular weight excluding hydrogens is 457 g/mol. The van der Waals surface area contributed by atoms with Crippen LogP contribution in [0.15, 0.2) is 91.1 Å². The highest BCUT2D eigenvalue weighted by atomic mass is 19.4. The van der Waals surface area contributed by atoms with Crippen LogP contribution in [0.25, 0.3) is 0 Å². The maximum absolute atomic E-state index is 13.0. The van der Waals surface area contributed by atoms with Crippen molar-refractivity contribution in [3.05, 3.63) is 119 Å². The predicted molar refractivity (Wildman–Crippen MR) is 143 cm³/mol. The number of benzene rings is 3. The normalized spacial score (nSPS) is 13.4. The average molecular weight is 495 g/mol. The maximum atomic E-state index is 13.0. The molecule has 0 aromatic heterocycles. The van der Waals surface area contributed by atoms with E-state index in [4.69, 9.17) is 0 Å². The second-order valence-corrected chi connectivity index (χ2v) is 9.91. The van der Waals surface area contributed by atoms with Crippen molar-refractivity contribution in [3.63, 3.8) is 0 Å². The highest BCUT2D eigenvalue weighted by molar-refractivity contribution is 5.30. The summed E-state index contributed by atoms with van der Waals surface area (Å²) in [4.78, 5) is 4.36. The summed E-state index contributed by atoms with van der Waals surface area (Å²) in [6, 6.07) is 24.5. The molecule has 1 unspecified atom stereocenters. The van der Waals surface area contributed by atoms with Crippen molar-refractivity contribution in [2.75, 3.05) is 27.7 Å². The first-order chi connectivity index (χ1) is 17.0. The summed E-state index contributed by atoms with van der Waals surface area (Å²) in [6.07, 6.45) is -2.76. The lowest BCUT2D eigenvalue weighted by molar-refractivity contribution is -0.137. The van der Waals surface area contributed by atoms with Gasteiger partial charge in [-0.15, -0.1) is 0 Å². The molecule has 36 heavy (non-hydrogen) atoms. The Labute approximate surface area is 214 Å². The Kier molecular flexibility index (Phi) is 9.38. The molecule has 3 aromatic carbocycles. The van der Waals surface area contributed by atoms with Gasteiger partial charge in [0.25, 0.3) is 0 Å². The first-order valence-electron chi connectivity index (χ1n) is 12.4. The Morgan fingerprint density at radius 2 is 1.39 bits per heavy atom. The smallest absolute Gasteiger partial charge is 0.378 e. The fourth-order valence-corrected chi connectivity index (χ4v) is 4.52. The topological polar surface area (TPSA) is 6.48 Å². The molecule has 0 N–H and O–H groups in total. The standard InChI is InChI=1S/C31H37F3N2/c1-23(27-15-11-26(12-16-27)22-35(3)4)24(2)36(5)20-19-29(28-9-7-6-8-10-28)21-25-13-17-30(18-14-25)31(32,33)34/h6-18,23,29H,2,19-22H2,1,3-5H3/t23?,29-/m1/s1. The summed E-state index contributed by atoms with van der Waals surface area (Å²) in [5.74, 6) is 0.382. The molecule has 0 aliphatic heterocycles. The Bertz CT molecular complexity index is 1090. The molecule has 0 aliphatic rings. The number of hydrogen-bond acceptors (Lipinski definition) is 2. The van der Waals surface area contributed by atoms with E-state index in [0.717, 1.165) is 30.8 Å². The van der Waals surface area contributed by atoms with E-state index in [9.17, 15) is 13.2 Å².